The molecule has 0 bridgehead atoms. The first-order chi connectivity index (χ1) is 14.0. The van der Waals surface area contributed by atoms with Gasteiger partial charge in [-0.15, -0.1) is 11.3 Å². The van der Waals surface area contributed by atoms with E-state index in [1.807, 2.05) is 26.0 Å². The predicted molar refractivity (Wildman–Crippen MR) is 114 cm³/mol. The minimum atomic E-state index is -0.313. The monoisotopic (exact) mass is 403 g/mol. The van der Waals surface area contributed by atoms with E-state index in [4.69, 9.17) is 10.2 Å². The maximum absolute atomic E-state index is 13.5. The Morgan fingerprint density at radius 2 is 1.97 bits per heavy atom. The Labute approximate surface area is 171 Å². The topological polar surface area (TPSA) is 58.7 Å². The smallest absolute Gasteiger partial charge is 0.263 e. The van der Waals surface area contributed by atoms with Crippen molar-refractivity contribution in [1.29, 1.82) is 5.26 Å². The summed E-state index contributed by atoms with van der Waals surface area (Å²) in [7, 11) is 0. The van der Waals surface area contributed by atoms with Crippen LogP contribution in [0.25, 0.3) is 21.3 Å². The first kappa shape index (κ1) is 19.0. The second-order valence-electron chi connectivity index (χ2n) is 6.81. The van der Waals surface area contributed by atoms with Crippen molar-refractivity contribution in [2.45, 2.75) is 26.8 Å². The fraction of sp³-hybridized carbons (Fsp3) is 0.174. The molecule has 0 fully saturated rings. The first-order valence-electron chi connectivity index (χ1n) is 9.29. The van der Waals surface area contributed by atoms with Gasteiger partial charge in [-0.25, -0.2) is 9.37 Å². The molecule has 0 saturated carbocycles. The Morgan fingerprint density at radius 1 is 1.21 bits per heavy atom. The zero-order valence-electron chi connectivity index (χ0n) is 16.1. The Balaban J connectivity index is 1.94. The van der Waals surface area contributed by atoms with E-state index in [2.05, 4.69) is 6.07 Å². The molecule has 2 heterocycles. The highest BCUT2D eigenvalue weighted by atomic mass is 32.1. The third-order valence-electron chi connectivity index (χ3n) is 4.91. The lowest BCUT2D eigenvalue weighted by Crippen LogP contribution is -2.25. The molecule has 0 saturated heterocycles. The molecule has 0 N–H and O–H groups in total. The van der Waals surface area contributed by atoms with E-state index in [1.165, 1.54) is 23.5 Å². The lowest BCUT2D eigenvalue weighted by molar-refractivity contribution is 0.628. The maximum Gasteiger partial charge on any atom is 0.263 e. The van der Waals surface area contributed by atoms with E-state index in [1.54, 1.807) is 28.8 Å². The van der Waals surface area contributed by atoms with Gasteiger partial charge in [0.05, 0.1) is 23.6 Å². The number of halogens is 1. The molecule has 0 unspecified atom stereocenters. The second-order valence-corrected chi connectivity index (χ2v) is 8.01. The Kier molecular flexibility index (Phi) is 4.99. The van der Waals surface area contributed by atoms with Gasteiger partial charge in [0, 0.05) is 16.9 Å². The summed E-state index contributed by atoms with van der Waals surface area (Å²) >= 11 is 1.48. The average molecular weight is 403 g/mol. The van der Waals surface area contributed by atoms with Crippen molar-refractivity contribution in [2.24, 2.45) is 0 Å². The Morgan fingerprint density at radius 3 is 2.66 bits per heavy atom. The van der Waals surface area contributed by atoms with Crippen LogP contribution in [0.15, 0.2) is 53.3 Å². The molecular weight excluding hydrogens is 385 g/mol. The standard InChI is InChI=1S/C23H18FN3OS/c1-3-19-26-22-21(20(14(2)29-22)17-7-9-18(24)10-8-17)23(28)27(19)13-16-6-4-5-15(11-16)12-25/h4-11H,3,13H2,1-2H3. The molecule has 6 heteroatoms. The Bertz CT molecular complexity index is 1310. The van der Waals surface area contributed by atoms with Gasteiger partial charge >= 0.3 is 0 Å². The predicted octanol–water partition coefficient (Wildman–Crippen LogP) is 5.05. The van der Waals surface area contributed by atoms with Crippen LogP contribution in [-0.4, -0.2) is 9.55 Å². The van der Waals surface area contributed by atoms with Crippen LogP contribution in [0, 0.1) is 24.1 Å². The van der Waals surface area contributed by atoms with Crippen LogP contribution in [-0.2, 0) is 13.0 Å². The molecule has 4 nitrogen and oxygen atoms in total. The molecule has 0 amide bonds. The van der Waals surface area contributed by atoms with Crippen LogP contribution in [0.4, 0.5) is 4.39 Å². The molecule has 0 radical (unpaired) electrons. The summed E-state index contributed by atoms with van der Waals surface area (Å²) in [6.07, 6.45) is 0.617. The quantitative estimate of drug-likeness (QED) is 0.479. The van der Waals surface area contributed by atoms with Crippen LogP contribution in [0.5, 0.6) is 0 Å². The number of rotatable bonds is 4. The number of aryl methyl sites for hydroxylation is 2. The van der Waals surface area contributed by atoms with Crippen LogP contribution < -0.4 is 5.56 Å². The van der Waals surface area contributed by atoms with Crippen molar-refractivity contribution < 1.29 is 4.39 Å². The van der Waals surface area contributed by atoms with Gasteiger partial charge < -0.3 is 0 Å². The molecule has 2 aromatic carbocycles. The van der Waals surface area contributed by atoms with Gasteiger partial charge in [-0.05, 0) is 42.3 Å². The molecule has 4 aromatic rings. The van der Waals surface area contributed by atoms with E-state index in [9.17, 15) is 9.18 Å². The molecule has 0 aliphatic heterocycles. The summed E-state index contributed by atoms with van der Waals surface area (Å²) in [6.45, 7) is 4.27. The van der Waals surface area contributed by atoms with Crippen molar-refractivity contribution >= 4 is 21.6 Å². The number of benzene rings is 2. The number of fused-ring (bicyclic) bond motifs is 1. The zero-order valence-corrected chi connectivity index (χ0v) is 16.9. The number of nitriles is 1. The highest BCUT2D eigenvalue weighted by molar-refractivity contribution is 7.19. The van der Waals surface area contributed by atoms with E-state index >= 15 is 0 Å². The van der Waals surface area contributed by atoms with Crippen molar-refractivity contribution in [3.8, 4) is 17.2 Å². The molecule has 0 atom stereocenters. The summed E-state index contributed by atoms with van der Waals surface area (Å²) < 4.78 is 15.1. The molecule has 144 valence electrons. The van der Waals surface area contributed by atoms with Gasteiger partial charge in [-0.3, -0.25) is 9.36 Å². The van der Waals surface area contributed by atoms with Crippen molar-refractivity contribution in [3.05, 3.63) is 86.5 Å². The summed E-state index contributed by atoms with van der Waals surface area (Å²) in [5.74, 6) is 0.392. The molecule has 0 aliphatic rings. The lowest BCUT2D eigenvalue weighted by atomic mass is 10.0. The summed E-state index contributed by atoms with van der Waals surface area (Å²) in [4.78, 5) is 20.0. The van der Waals surface area contributed by atoms with Gasteiger partial charge in [-0.2, -0.15) is 5.26 Å². The average Bonchev–Trinajstić information content (AvgIpc) is 3.06. The molecule has 2 aromatic heterocycles. The van der Waals surface area contributed by atoms with Crippen molar-refractivity contribution in [3.63, 3.8) is 0 Å². The van der Waals surface area contributed by atoms with E-state index in [-0.39, 0.29) is 11.4 Å². The van der Waals surface area contributed by atoms with E-state index < -0.39 is 0 Å². The van der Waals surface area contributed by atoms with Gasteiger partial charge in [0.15, 0.2) is 0 Å². The van der Waals surface area contributed by atoms with Gasteiger partial charge in [0.1, 0.15) is 16.5 Å². The highest BCUT2D eigenvalue weighted by Crippen LogP contribution is 2.35. The Hall–Kier alpha value is -3.30. The SMILES string of the molecule is CCc1nc2sc(C)c(-c3ccc(F)cc3)c2c(=O)n1Cc1cccc(C#N)c1. The number of hydrogen-bond donors (Lipinski definition) is 0. The van der Waals surface area contributed by atoms with Gasteiger partial charge in [0.2, 0.25) is 0 Å². The first-order valence-corrected chi connectivity index (χ1v) is 10.1. The highest BCUT2D eigenvalue weighted by Gasteiger charge is 2.19. The lowest BCUT2D eigenvalue weighted by Gasteiger charge is -2.12. The number of nitrogens with zero attached hydrogens (tertiary/aromatic N) is 3. The van der Waals surface area contributed by atoms with Crippen LogP contribution >= 0.6 is 11.3 Å². The number of thiophene rings is 1. The molecule has 0 aliphatic carbocycles. The second kappa shape index (κ2) is 7.61. The minimum absolute atomic E-state index is 0.113. The van der Waals surface area contributed by atoms with Gasteiger partial charge in [-0.1, -0.05) is 31.2 Å². The fourth-order valence-corrected chi connectivity index (χ4v) is 4.61. The van der Waals surface area contributed by atoms with Crippen LogP contribution in [0.2, 0.25) is 0 Å². The van der Waals surface area contributed by atoms with Gasteiger partial charge in [0.25, 0.3) is 5.56 Å². The summed E-state index contributed by atoms with van der Waals surface area (Å²) in [6, 6.07) is 15.6. The van der Waals surface area contributed by atoms with E-state index in [0.29, 0.717) is 34.6 Å². The van der Waals surface area contributed by atoms with Crippen LogP contribution in [0.1, 0.15) is 28.8 Å². The van der Waals surface area contributed by atoms with Crippen molar-refractivity contribution in [2.75, 3.05) is 0 Å². The van der Waals surface area contributed by atoms with Crippen LogP contribution in [0.3, 0.4) is 0 Å². The zero-order chi connectivity index (χ0) is 20.5. The molecule has 4 rings (SSSR count). The minimum Gasteiger partial charge on any atom is -0.292 e. The normalized spacial score (nSPS) is 11.0. The summed E-state index contributed by atoms with van der Waals surface area (Å²) in [5.41, 5.74) is 2.93. The third-order valence-corrected chi connectivity index (χ3v) is 5.91. The molecule has 29 heavy (non-hydrogen) atoms. The number of hydrogen-bond acceptors (Lipinski definition) is 4. The largest absolute Gasteiger partial charge is 0.292 e. The molecular formula is C23H18FN3OS. The van der Waals surface area contributed by atoms with Crippen molar-refractivity contribution in [1.82, 2.24) is 9.55 Å². The number of aromatic nitrogens is 2. The molecule has 0 spiro atoms. The summed E-state index contributed by atoms with van der Waals surface area (Å²) in [5, 5.41) is 9.72. The maximum atomic E-state index is 13.5. The fourth-order valence-electron chi connectivity index (χ4n) is 3.56. The van der Waals surface area contributed by atoms with E-state index in [0.717, 1.165) is 21.6 Å². The third kappa shape index (κ3) is 3.45.